The van der Waals surface area contributed by atoms with E-state index in [1.807, 2.05) is 22.6 Å². The molecule has 4 N–H and O–H groups in total. The first-order chi connectivity index (χ1) is 13.1. The highest BCUT2D eigenvalue weighted by Gasteiger charge is 2.11. The number of rotatable bonds is 4. The van der Waals surface area contributed by atoms with Crippen LogP contribution in [-0.2, 0) is 10.0 Å². The molecular weight excluding hydrogens is 497 g/mol. The normalized spacial score (nSPS) is 12.3. The zero-order valence-corrected chi connectivity index (χ0v) is 17.6. The van der Waals surface area contributed by atoms with Crippen LogP contribution in [0.5, 0.6) is 11.5 Å². The first-order valence-corrected chi connectivity index (χ1v) is 10.5. The average Bonchev–Trinajstić information content (AvgIpc) is 2.92. The van der Waals surface area contributed by atoms with E-state index >= 15 is 0 Å². The molecule has 146 valence electrons. The van der Waals surface area contributed by atoms with E-state index in [0.717, 1.165) is 0 Å². The number of halogens is 1. The minimum absolute atomic E-state index is 0.0246. The van der Waals surface area contributed by atoms with E-state index in [-0.39, 0.29) is 16.2 Å². The van der Waals surface area contributed by atoms with Gasteiger partial charge in [-0.2, -0.15) is 0 Å². The van der Waals surface area contributed by atoms with Crippen LogP contribution in [0.25, 0.3) is 18.3 Å². The van der Waals surface area contributed by atoms with Gasteiger partial charge in [0.1, 0.15) is 0 Å². The predicted octanol–water partition coefficient (Wildman–Crippen LogP) is 0.371. The van der Waals surface area contributed by atoms with Gasteiger partial charge in [0.05, 0.1) is 31.8 Å². The van der Waals surface area contributed by atoms with Crippen molar-refractivity contribution in [1.29, 1.82) is 0 Å². The molecule has 3 aromatic rings. The molecule has 0 saturated carbocycles. The number of hydrogen-bond acceptors (Lipinski definition) is 5. The Bertz CT molecular complexity index is 1330. The van der Waals surface area contributed by atoms with E-state index in [2.05, 4.69) is 11.7 Å². The van der Waals surface area contributed by atoms with Crippen LogP contribution in [0.1, 0.15) is 5.56 Å². The molecule has 0 aliphatic heterocycles. The van der Waals surface area contributed by atoms with Gasteiger partial charge in [0.15, 0.2) is 11.5 Å². The molecular formula is C18H16IN3O5S. The second-order valence-corrected chi connectivity index (χ2v) is 8.61. The lowest BCUT2D eigenvalue weighted by Crippen LogP contribution is -2.34. The summed E-state index contributed by atoms with van der Waals surface area (Å²) in [5, 5.41) is 18.6. The number of H-pyrrole nitrogens is 1. The maximum atomic E-state index is 12.8. The number of nitrogens with two attached hydrogens (primary N) is 1. The number of aromatic nitrogens is 2. The van der Waals surface area contributed by atoms with E-state index in [0.29, 0.717) is 31.1 Å². The molecule has 0 radical (unpaired) electrons. The van der Waals surface area contributed by atoms with Gasteiger partial charge in [0.2, 0.25) is 10.0 Å². The Kier molecular flexibility index (Phi) is 5.37. The van der Waals surface area contributed by atoms with Crippen molar-refractivity contribution in [3.8, 4) is 17.2 Å². The highest BCUT2D eigenvalue weighted by molar-refractivity contribution is 14.1. The molecule has 8 nitrogen and oxygen atoms in total. The SMILES string of the molecule is C=c1[nH]n(-c2ccc(S(N)(=O)=O)cc2)c(=O)/c1=C\c1cc(I)c(O)c(OC)c1. The highest BCUT2D eigenvalue weighted by atomic mass is 127. The van der Waals surface area contributed by atoms with Gasteiger partial charge in [0.25, 0.3) is 5.56 Å². The Balaban J connectivity index is 2.13. The van der Waals surface area contributed by atoms with Gasteiger partial charge in [-0.3, -0.25) is 9.89 Å². The van der Waals surface area contributed by atoms with Gasteiger partial charge in [-0.05, 0) is 70.6 Å². The molecule has 0 saturated heterocycles. The van der Waals surface area contributed by atoms with Crippen molar-refractivity contribution >= 4 is 45.3 Å². The monoisotopic (exact) mass is 513 g/mol. The molecule has 0 aliphatic rings. The summed E-state index contributed by atoms with van der Waals surface area (Å²) in [6.07, 6.45) is 1.63. The van der Waals surface area contributed by atoms with Crippen molar-refractivity contribution in [3.05, 3.63) is 66.5 Å². The Morgan fingerprint density at radius 2 is 1.93 bits per heavy atom. The van der Waals surface area contributed by atoms with Crippen molar-refractivity contribution in [2.45, 2.75) is 4.90 Å². The number of aromatic hydroxyl groups is 1. The molecule has 28 heavy (non-hydrogen) atoms. The number of hydrogen-bond donors (Lipinski definition) is 3. The minimum Gasteiger partial charge on any atom is -0.504 e. The predicted molar refractivity (Wildman–Crippen MR) is 113 cm³/mol. The average molecular weight is 513 g/mol. The van der Waals surface area contributed by atoms with Crippen LogP contribution in [-0.4, -0.2) is 30.4 Å². The Hall–Kier alpha value is -2.57. The zero-order chi connectivity index (χ0) is 20.6. The number of sulfonamides is 1. The molecule has 1 aromatic heterocycles. The molecule has 3 rings (SSSR count). The number of nitrogens with zero attached hydrogens (tertiary/aromatic N) is 1. The van der Waals surface area contributed by atoms with Crippen LogP contribution >= 0.6 is 22.6 Å². The Morgan fingerprint density at radius 1 is 1.29 bits per heavy atom. The maximum Gasteiger partial charge on any atom is 0.279 e. The highest BCUT2D eigenvalue weighted by Crippen LogP contribution is 2.32. The van der Waals surface area contributed by atoms with Gasteiger partial charge in [-0.1, -0.05) is 6.58 Å². The molecule has 0 unspecified atom stereocenters. The molecule has 1 heterocycles. The summed E-state index contributed by atoms with van der Waals surface area (Å²) in [5.41, 5.74) is 0.715. The summed E-state index contributed by atoms with van der Waals surface area (Å²) in [6.45, 7) is 3.86. The number of aromatic amines is 1. The first-order valence-electron chi connectivity index (χ1n) is 7.83. The van der Waals surface area contributed by atoms with Gasteiger partial charge >= 0.3 is 0 Å². The zero-order valence-electron chi connectivity index (χ0n) is 14.6. The second kappa shape index (κ2) is 7.45. The molecule has 0 aliphatic carbocycles. The molecule has 0 amide bonds. The number of nitrogens with one attached hydrogen (secondary N) is 1. The minimum atomic E-state index is -3.82. The van der Waals surface area contributed by atoms with Gasteiger partial charge in [-0.25, -0.2) is 18.2 Å². The van der Waals surface area contributed by atoms with E-state index in [1.54, 1.807) is 18.2 Å². The summed E-state index contributed by atoms with van der Waals surface area (Å²) in [6, 6.07) is 8.87. The van der Waals surface area contributed by atoms with Crippen molar-refractivity contribution in [1.82, 2.24) is 9.78 Å². The molecule has 0 atom stereocenters. The first kappa shape index (κ1) is 20.2. The number of phenolic OH excluding ortho intramolecular Hbond substituents is 1. The van der Waals surface area contributed by atoms with Crippen molar-refractivity contribution in [2.75, 3.05) is 7.11 Å². The molecule has 0 fully saturated rings. The van der Waals surface area contributed by atoms with E-state index in [4.69, 9.17) is 9.88 Å². The summed E-state index contributed by atoms with van der Waals surface area (Å²) in [5.74, 6) is 0.315. The standard InChI is InChI=1S/C18H16IN3O5S/c1-10-14(7-11-8-15(19)17(23)16(9-11)27-2)18(24)22(21-10)12-3-5-13(6-4-12)28(20,25)26/h3-9,21,23H,1H2,2H3,(H2,20,25,26)/b14-7-. The van der Waals surface area contributed by atoms with Crippen LogP contribution in [0.3, 0.4) is 0 Å². The third kappa shape index (κ3) is 3.84. The number of phenols is 1. The van der Waals surface area contributed by atoms with Crippen LogP contribution < -0.4 is 26.0 Å². The lowest BCUT2D eigenvalue weighted by atomic mass is 10.1. The van der Waals surface area contributed by atoms with E-state index in [1.165, 1.54) is 36.1 Å². The second-order valence-electron chi connectivity index (χ2n) is 5.88. The fraction of sp³-hybridized carbons (Fsp3) is 0.0556. The summed E-state index contributed by atoms with van der Waals surface area (Å²) in [4.78, 5) is 12.8. The van der Waals surface area contributed by atoms with Crippen LogP contribution in [0.4, 0.5) is 0 Å². The molecule has 0 spiro atoms. The number of ether oxygens (including phenoxy) is 1. The summed E-state index contributed by atoms with van der Waals surface area (Å²) >= 11 is 1.97. The van der Waals surface area contributed by atoms with Crippen LogP contribution in [0.2, 0.25) is 0 Å². The van der Waals surface area contributed by atoms with Gasteiger partial charge in [0, 0.05) is 0 Å². The number of primary sulfonamides is 1. The summed E-state index contributed by atoms with van der Waals surface area (Å²) in [7, 11) is -2.38. The number of benzene rings is 2. The Morgan fingerprint density at radius 3 is 2.50 bits per heavy atom. The smallest absolute Gasteiger partial charge is 0.279 e. The third-order valence-electron chi connectivity index (χ3n) is 4.01. The van der Waals surface area contributed by atoms with Gasteiger partial charge in [-0.15, -0.1) is 0 Å². The van der Waals surface area contributed by atoms with Crippen molar-refractivity contribution < 1.29 is 18.3 Å². The largest absolute Gasteiger partial charge is 0.504 e. The van der Waals surface area contributed by atoms with E-state index in [9.17, 15) is 18.3 Å². The third-order valence-corrected chi connectivity index (χ3v) is 5.76. The Labute approximate surface area is 173 Å². The number of methoxy groups -OCH3 is 1. The fourth-order valence-electron chi connectivity index (χ4n) is 2.61. The van der Waals surface area contributed by atoms with Crippen LogP contribution in [0, 0.1) is 3.57 Å². The molecule has 10 heteroatoms. The van der Waals surface area contributed by atoms with Crippen molar-refractivity contribution in [2.24, 2.45) is 5.14 Å². The van der Waals surface area contributed by atoms with Gasteiger partial charge < -0.3 is 9.84 Å². The quantitative estimate of drug-likeness (QED) is 0.435. The van der Waals surface area contributed by atoms with E-state index < -0.39 is 10.0 Å². The van der Waals surface area contributed by atoms with Crippen LogP contribution in [0.15, 0.2) is 46.1 Å². The lowest BCUT2D eigenvalue weighted by Gasteiger charge is -2.06. The molecule has 2 aromatic carbocycles. The molecule has 0 bridgehead atoms. The topological polar surface area (TPSA) is 127 Å². The summed E-state index contributed by atoms with van der Waals surface area (Å²) < 4.78 is 29.7. The van der Waals surface area contributed by atoms with Crippen molar-refractivity contribution in [3.63, 3.8) is 0 Å². The fourth-order valence-corrected chi connectivity index (χ4v) is 3.75. The maximum absolute atomic E-state index is 12.8. The lowest BCUT2D eigenvalue weighted by molar-refractivity contribution is 0.371.